The summed E-state index contributed by atoms with van der Waals surface area (Å²) < 4.78 is 14.3. The van der Waals surface area contributed by atoms with Crippen molar-refractivity contribution in [3.8, 4) is 0 Å². The summed E-state index contributed by atoms with van der Waals surface area (Å²) in [6.45, 7) is 4.75. The zero-order chi connectivity index (χ0) is 10.5. The van der Waals surface area contributed by atoms with Crippen molar-refractivity contribution >= 4 is 24.2 Å². The molecule has 0 aliphatic rings. The largest absolute Gasteiger partial charge is 0.326 e. The Morgan fingerprint density at radius 1 is 1.31 bits per heavy atom. The second-order valence-electron chi connectivity index (χ2n) is 2.51. The molecular weight excluding hydrogens is 255 g/mol. The summed E-state index contributed by atoms with van der Waals surface area (Å²) in [5, 5.41) is 0.919. The van der Waals surface area contributed by atoms with Gasteiger partial charge in [-0.25, -0.2) is 0 Å². The average molecular weight is 275 g/mol. The van der Waals surface area contributed by atoms with Gasteiger partial charge in [0.25, 0.3) is 0 Å². The van der Waals surface area contributed by atoms with Gasteiger partial charge in [-0.2, -0.15) is 0 Å². The van der Waals surface area contributed by atoms with E-state index in [1.165, 1.54) is 12.8 Å². The molecule has 0 aliphatic carbocycles. The zero-order valence-electron chi connectivity index (χ0n) is 8.38. The van der Waals surface area contributed by atoms with Crippen molar-refractivity contribution in [3.63, 3.8) is 0 Å². The van der Waals surface area contributed by atoms with Gasteiger partial charge < -0.3 is 9.42 Å². The third-order valence-corrected chi connectivity index (χ3v) is 2.27. The predicted molar refractivity (Wildman–Crippen MR) is 60.8 cm³/mol. The molecule has 3 nitrogen and oxygen atoms in total. The van der Waals surface area contributed by atoms with E-state index in [1.807, 2.05) is 0 Å². The molecule has 0 amide bonds. The second-order valence-corrected chi connectivity index (χ2v) is 4.12. The summed E-state index contributed by atoms with van der Waals surface area (Å²) in [4.78, 5) is 8.16. The van der Waals surface area contributed by atoms with E-state index in [4.69, 9.17) is 4.89 Å². The molecule has 0 rings (SSSR count). The van der Waals surface area contributed by atoms with Crippen LogP contribution in [-0.4, -0.2) is 16.8 Å². The molecule has 0 heterocycles. The van der Waals surface area contributed by atoms with Crippen molar-refractivity contribution in [2.24, 2.45) is 0 Å². The zero-order valence-corrected chi connectivity index (χ0v) is 11.0. The predicted octanol–water partition coefficient (Wildman–Crippen LogP) is 3.37. The lowest BCUT2D eigenvalue weighted by atomic mass is 10.4. The monoisotopic (exact) mass is 274 g/mol. The minimum Gasteiger partial charge on any atom is -0.326 e. The third-order valence-electron chi connectivity index (χ3n) is 1.25. The summed E-state index contributed by atoms with van der Waals surface area (Å²) in [6.07, 6.45) is 4.46. The maximum Gasteiger partial charge on any atom is 0.316 e. The van der Waals surface area contributed by atoms with Crippen LogP contribution in [-0.2, 0) is 9.09 Å². The van der Waals surface area contributed by atoms with Crippen LogP contribution < -0.4 is 0 Å². The molecule has 0 spiro atoms. The van der Waals surface area contributed by atoms with E-state index < -0.39 is 8.25 Å². The van der Waals surface area contributed by atoms with Crippen LogP contribution >= 0.6 is 24.2 Å². The number of rotatable bonds is 6. The molecule has 1 N–H and O–H groups in total. The van der Waals surface area contributed by atoms with Crippen molar-refractivity contribution in [2.45, 2.75) is 39.5 Å². The Kier molecular flexibility index (Phi) is 18.7. The van der Waals surface area contributed by atoms with E-state index in [2.05, 4.69) is 34.3 Å². The van der Waals surface area contributed by atoms with Crippen LogP contribution in [0.25, 0.3) is 0 Å². The Morgan fingerprint density at radius 3 is 2.15 bits per heavy atom. The summed E-state index contributed by atoms with van der Waals surface area (Å²) in [5.74, 6) is 0. The van der Waals surface area contributed by atoms with Crippen LogP contribution in [0.5, 0.6) is 0 Å². The molecule has 1 atom stereocenters. The Balaban J connectivity index is 0. The maximum absolute atomic E-state index is 9.91. The first-order valence-corrected chi connectivity index (χ1v) is 6.99. The van der Waals surface area contributed by atoms with Crippen LogP contribution in [0.2, 0.25) is 0 Å². The molecule has 0 aromatic rings. The summed E-state index contributed by atoms with van der Waals surface area (Å²) >= 11 is 3.23. The third kappa shape index (κ3) is 24.5. The lowest BCUT2D eigenvalue weighted by molar-refractivity contribution is 0.277. The second kappa shape index (κ2) is 15.1. The van der Waals surface area contributed by atoms with Gasteiger partial charge in [0.1, 0.15) is 0 Å². The molecule has 0 bridgehead atoms. The highest BCUT2D eigenvalue weighted by Crippen LogP contribution is 2.14. The van der Waals surface area contributed by atoms with E-state index >= 15 is 0 Å². The lowest BCUT2D eigenvalue weighted by Gasteiger charge is -1.95. The van der Waals surface area contributed by atoms with Crippen LogP contribution in [0.15, 0.2) is 0 Å². The van der Waals surface area contributed by atoms with Gasteiger partial charge in [0.05, 0.1) is 6.61 Å². The van der Waals surface area contributed by atoms with Gasteiger partial charge in [0, 0.05) is 5.33 Å². The number of unbranched alkanes of at least 4 members (excludes halogenated alkanes) is 2. The van der Waals surface area contributed by atoms with Gasteiger partial charge in [0.15, 0.2) is 0 Å². The summed E-state index contributed by atoms with van der Waals surface area (Å²) in [7, 11) is -2.68. The molecule has 82 valence electrons. The Labute approximate surface area is 90.0 Å². The lowest BCUT2D eigenvalue weighted by Crippen LogP contribution is -1.86. The molecular formula is C8H20BrO3P. The van der Waals surface area contributed by atoms with Crippen LogP contribution in [0, 0.1) is 0 Å². The molecule has 0 saturated carbocycles. The Bertz CT molecular complexity index is 110. The molecule has 0 aromatic carbocycles. The van der Waals surface area contributed by atoms with Gasteiger partial charge in [-0.3, -0.25) is 4.57 Å². The van der Waals surface area contributed by atoms with E-state index in [-0.39, 0.29) is 0 Å². The van der Waals surface area contributed by atoms with Gasteiger partial charge in [-0.05, 0) is 12.8 Å². The number of alkyl halides is 1. The average Bonchev–Trinajstić information content (AvgIpc) is 2.13. The van der Waals surface area contributed by atoms with Crippen LogP contribution in [0.1, 0.15) is 39.5 Å². The van der Waals surface area contributed by atoms with Gasteiger partial charge >= 0.3 is 8.25 Å². The first-order chi connectivity index (χ1) is 6.18. The van der Waals surface area contributed by atoms with Crippen molar-refractivity contribution in [2.75, 3.05) is 11.9 Å². The Morgan fingerprint density at radius 2 is 1.85 bits per heavy atom. The molecule has 0 saturated heterocycles. The summed E-state index contributed by atoms with van der Waals surface area (Å²) in [5.41, 5.74) is 0. The van der Waals surface area contributed by atoms with E-state index in [0.717, 1.165) is 18.2 Å². The molecule has 0 aromatic heterocycles. The highest BCUT2D eigenvalue weighted by Gasteiger charge is 1.90. The van der Waals surface area contributed by atoms with E-state index in [9.17, 15) is 4.57 Å². The number of hydrogen-bond acceptors (Lipinski definition) is 2. The minimum absolute atomic E-state index is 0.389. The molecule has 0 aliphatic heterocycles. The van der Waals surface area contributed by atoms with Crippen molar-refractivity contribution in [3.05, 3.63) is 0 Å². The molecule has 5 heteroatoms. The first kappa shape index (κ1) is 16.1. The van der Waals surface area contributed by atoms with E-state index in [1.54, 1.807) is 0 Å². The van der Waals surface area contributed by atoms with Gasteiger partial charge in [0.2, 0.25) is 0 Å². The van der Waals surface area contributed by atoms with Crippen molar-refractivity contribution in [1.29, 1.82) is 0 Å². The minimum atomic E-state index is -2.68. The first-order valence-electron chi connectivity index (χ1n) is 4.60. The smallest absolute Gasteiger partial charge is 0.316 e. The SMILES string of the molecule is CCCC.O=[PH](O)OCCCCBr. The quantitative estimate of drug-likeness (QED) is 0.459. The van der Waals surface area contributed by atoms with Crippen LogP contribution in [0.4, 0.5) is 0 Å². The highest BCUT2D eigenvalue weighted by atomic mass is 79.9. The number of halogens is 1. The van der Waals surface area contributed by atoms with Gasteiger partial charge in [-0.1, -0.05) is 42.6 Å². The maximum atomic E-state index is 9.91. The topological polar surface area (TPSA) is 46.5 Å². The molecule has 1 unspecified atom stereocenters. The number of hydrogen-bond donors (Lipinski definition) is 1. The summed E-state index contributed by atoms with van der Waals surface area (Å²) in [6, 6.07) is 0. The molecule has 0 radical (unpaired) electrons. The fourth-order valence-corrected chi connectivity index (χ4v) is 1.07. The molecule has 0 fully saturated rings. The van der Waals surface area contributed by atoms with E-state index in [0.29, 0.717) is 6.61 Å². The van der Waals surface area contributed by atoms with Crippen molar-refractivity contribution in [1.82, 2.24) is 0 Å². The Hall–Kier alpha value is 0.630. The normalized spacial score (nSPS) is 11.7. The van der Waals surface area contributed by atoms with Gasteiger partial charge in [-0.15, -0.1) is 0 Å². The fraction of sp³-hybridized carbons (Fsp3) is 1.00. The van der Waals surface area contributed by atoms with Crippen molar-refractivity contribution < 1.29 is 14.0 Å². The molecule has 13 heavy (non-hydrogen) atoms. The standard InChI is InChI=1S/C4H10BrO3P.C4H10/c5-3-1-2-4-8-9(6)7;1-3-4-2/h9H,1-4H2,(H,6,7);3-4H2,1-2H3. The fourth-order valence-electron chi connectivity index (χ4n) is 0.356. The van der Waals surface area contributed by atoms with Crippen LogP contribution in [0.3, 0.4) is 0 Å². The highest BCUT2D eigenvalue weighted by molar-refractivity contribution is 9.09.